The second kappa shape index (κ2) is 34.2. The van der Waals surface area contributed by atoms with Gasteiger partial charge in [-0.1, -0.05) is 66.7 Å². The van der Waals surface area contributed by atoms with E-state index in [0.29, 0.717) is 6.42 Å². The van der Waals surface area contributed by atoms with Crippen LogP contribution in [-0.4, -0.2) is 69.5 Å². The summed E-state index contributed by atoms with van der Waals surface area (Å²) in [5, 5.41) is 33.8. The molecule has 0 amide bonds. The number of aromatic carboxylic acids is 2. The largest absolute Gasteiger partial charge is 0.513 e. The number of benzene rings is 6. The Bertz CT molecular complexity index is 3420. The van der Waals surface area contributed by atoms with Crippen molar-refractivity contribution >= 4 is 63.5 Å². The van der Waals surface area contributed by atoms with Crippen molar-refractivity contribution in [2.24, 2.45) is 0 Å². The van der Waals surface area contributed by atoms with Gasteiger partial charge in [-0.25, -0.2) is 34.5 Å². The van der Waals surface area contributed by atoms with Crippen LogP contribution in [0.25, 0.3) is 0 Å². The van der Waals surface area contributed by atoms with Crippen molar-refractivity contribution in [3.63, 3.8) is 0 Å². The number of carboxylic acid groups (broad SMARTS) is 2. The molecule has 0 saturated heterocycles. The second-order valence-electron chi connectivity index (χ2n) is 18.4. The maximum Gasteiger partial charge on any atom is 0.354 e. The van der Waals surface area contributed by atoms with Gasteiger partial charge in [0.15, 0.2) is 0 Å². The Kier molecular flexibility index (Phi) is 26.4. The fourth-order valence-electron chi connectivity index (χ4n) is 8.55. The zero-order chi connectivity index (χ0) is 59.3. The van der Waals surface area contributed by atoms with Gasteiger partial charge in [0.25, 0.3) is 0 Å². The molecule has 0 fully saturated rings. The molecule has 1 radical (unpaired) electrons. The average molecular weight is 1710 g/mol. The molecule has 4 N–H and O–H groups in total. The van der Waals surface area contributed by atoms with Crippen LogP contribution in [0.2, 0.25) is 0 Å². The van der Waals surface area contributed by atoms with Crippen LogP contribution >= 0.6 is 0 Å². The molecule has 453 valence electrons. The number of aromatic nitrogens is 5. The Labute approximate surface area is 551 Å². The van der Waals surface area contributed by atoms with Gasteiger partial charge in [-0.3, -0.25) is 0 Å². The summed E-state index contributed by atoms with van der Waals surface area (Å²) >= 11 is 0. The SMILES string of the molecule is CC(O)CC(C)O.O=C(O)c1ccccn1.O=C(O)c1ccccn1.[Ir].[Pt].[Pt].[c-]1cccc2c1N(c1ccccn1)c1ccccc1O2.[c-]1cccc2c1N(c1ccccn1)c1ccccc1O2.[c-]1cccc2c1N(c1ccccn1)c1ccccc1O2. The third-order valence-corrected chi connectivity index (χ3v) is 12.1. The molecule has 3 aliphatic heterocycles. The summed E-state index contributed by atoms with van der Waals surface area (Å²) in [7, 11) is 0. The third kappa shape index (κ3) is 17.9. The van der Waals surface area contributed by atoms with Crippen molar-refractivity contribution in [1.82, 2.24) is 24.9 Å². The van der Waals surface area contributed by atoms with Gasteiger partial charge in [0.05, 0.1) is 29.3 Å². The topological polar surface area (TPSA) is 217 Å². The zero-order valence-electron chi connectivity index (χ0n) is 46.9. The number of aliphatic hydroxyl groups is 2. The molecule has 20 heteroatoms. The van der Waals surface area contributed by atoms with Crippen molar-refractivity contribution in [2.75, 3.05) is 14.7 Å². The number of fused-ring (bicyclic) bond motifs is 6. The van der Waals surface area contributed by atoms with E-state index in [0.717, 1.165) is 86.1 Å². The first-order chi connectivity index (χ1) is 41.5. The van der Waals surface area contributed by atoms with E-state index in [4.69, 9.17) is 34.6 Å². The van der Waals surface area contributed by atoms with Crippen LogP contribution in [0.15, 0.2) is 249 Å². The minimum absolute atomic E-state index is 0. The van der Waals surface area contributed by atoms with Crippen LogP contribution in [0.3, 0.4) is 0 Å². The summed E-state index contributed by atoms with van der Waals surface area (Å²) in [6.07, 6.45) is 7.98. The molecular weight excluding hydrogens is 1660 g/mol. The number of hydrogen-bond acceptors (Lipinski definition) is 15. The Hall–Kier alpha value is -9.24. The smallest absolute Gasteiger partial charge is 0.354 e. The van der Waals surface area contributed by atoms with Crippen molar-refractivity contribution in [1.29, 1.82) is 0 Å². The number of ether oxygens (including phenoxy) is 3. The molecule has 2 atom stereocenters. The fourth-order valence-corrected chi connectivity index (χ4v) is 8.55. The third-order valence-electron chi connectivity index (χ3n) is 12.1. The first-order valence-electron chi connectivity index (χ1n) is 26.6. The second-order valence-corrected chi connectivity index (χ2v) is 18.4. The van der Waals surface area contributed by atoms with Crippen molar-refractivity contribution in [2.45, 2.75) is 32.5 Å². The van der Waals surface area contributed by atoms with Gasteiger partial charge < -0.3 is 49.3 Å². The van der Waals surface area contributed by atoms with Crippen molar-refractivity contribution in [3.05, 3.63) is 279 Å². The van der Waals surface area contributed by atoms with Gasteiger partial charge >= 0.3 is 11.9 Å². The number of carboxylic acids is 2. The van der Waals surface area contributed by atoms with Crippen LogP contribution < -0.4 is 28.9 Å². The Morgan fingerprint density at radius 3 is 0.875 bits per heavy atom. The summed E-state index contributed by atoms with van der Waals surface area (Å²) in [6, 6.07) is 77.9. The predicted octanol–water partition coefficient (Wildman–Crippen LogP) is 15.1. The number of rotatable bonds is 7. The quantitative estimate of drug-likeness (QED) is 0.109. The summed E-state index contributed by atoms with van der Waals surface area (Å²) in [5.41, 5.74) is 5.72. The Balaban J connectivity index is 0.000000175. The van der Waals surface area contributed by atoms with Crippen molar-refractivity contribution in [3.8, 4) is 34.5 Å². The molecule has 0 saturated carbocycles. The molecule has 2 unspecified atom stereocenters. The maximum absolute atomic E-state index is 10.1. The fraction of sp³-hybridized carbons (Fsp3) is 0.0735. The number of aliphatic hydroxyl groups excluding tert-OH is 2. The van der Waals surface area contributed by atoms with Crippen LogP contribution in [0.5, 0.6) is 34.5 Å². The van der Waals surface area contributed by atoms with E-state index < -0.39 is 11.9 Å². The number of hydrogen-bond donors (Lipinski definition) is 4. The number of pyridine rings is 5. The molecule has 14 rings (SSSR count). The number of para-hydroxylation sites is 9. The number of carbonyl (C=O) groups is 2. The summed E-state index contributed by atoms with van der Waals surface area (Å²) < 4.78 is 17.8. The molecule has 8 heterocycles. The number of anilines is 9. The molecule has 6 aromatic carbocycles. The van der Waals surface area contributed by atoms with Crippen molar-refractivity contribution < 1.29 is 106 Å². The minimum atomic E-state index is -0.990. The normalized spacial score (nSPS) is 11.7. The molecule has 88 heavy (non-hydrogen) atoms. The summed E-state index contributed by atoms with van der Waals surface area (Å²) in [4.78, 5) is 47.0. The van der Waals surface area contributed by atoms with Crippen LogP contribution in [0.4, 0.5) is 51.6 Å². The molecular formula is C68H55IrN8O9Pt2-3. The minimum Gasteiger partial charge on any atom is -0.513 e. The van der Waals surface area contributed by atoms with Crippen LogP contribution in [-0.2, 0) is 62.2 Å². The Morgan fingerprint density at radius 2 is 0.648 bits per heavy atom. The van der Waals surface area contributed by atoms with Gasteiger partial charge in [0, 0.05) is 110 Å². The Morgan fingerprint density at radius 1 is 0.386 bits per heavy atom. The maximum atomic E-state index is 10.1. The zero-order valence-corrected chi connectivity index (χ0v) is 53.8. The first-order valence-corrected chi connectivity index (χ1v) is 26.6. The van der Waals surface area contributed by atoms with E-state index in [-0.39, 0.29) is 85.8 Å². The van der Waals surface area contributed by atoms with E-state index in [2.05, 4.69) is 57.8 Å². The predicted molar refractivity (Wildman–Crippen MR) is 324 cm³/mol. The summed E-state index contributed by atoms with van der Waals surface area (Å²) in [5.74, 6) is 5.42. The van der Waals surface area contributed by atoms with Crippen LogP contribution in [0.1, 0.15) is 41.2 Å². The van der Waals surface area contributed by atoms with E-state index in [9.17, 15) is 9.59 Å². The molecule has 11 aromatic rings. The molecule has 0 aliphatic carbocycles. The van der Waals surface area contributed by atoms with Crippen LogP contribution in [0, 0.1) is 18.2 Å². The van der Waals surface area contributed by atoms with Gasteiger partial charge in [-0.15, -0.1) is 18.2 Å². The van der Waals surface area contributed by atoms with E-state index in [1.165, 1.54) is 24.5 Å². The van der Waals surface area contributed by atoms with Gasteiger partial charge in [0.1, 0.15) is 46.1 Å². The molecule has 0 bridgehead atoms. The van der Waals surface area contributed by atoms with Gasteiger partial charge in [0.2, 0.25) is 0 Å². The standard InChI is InChI=1S/3C17H11N2O.2C6H5NO2.C5H12O2.Ir.2Pt/c3*1-3-9-15-13(7-1)19(17-11-5-6-12-18-17)14-8-2-4-10-16(14)20-15;2*8-6(9)5-3-1-2-4-7-5;1-4(6)3-5(2)7;;;/h3*1-7,9-12H;2*1-4H,(H,8,9);4-7H,3H2,1-2H3;;;/q3*-1;;;;;;. The van der Waals surface area contributed by atoms with Gasteiger partial charge in [-0.05, 0) is 134 Å². The average Bonchev–Trinajstić information content (AvgIpc) is 2.21. The monoisotopic (exact) mass is 1710 g/mol. The van der Waals surface area contributed by atoms with E-state index >= 15 is 0 Å². The number of nitrogens with zero attached hydrogens (tertiary/aromatic N) is 8. The van der Waals surface area contributed by atoms with E-state index in [1.807, 2.05) is 182 Å². The molecule has 17 nitrogen and oxygen atoms in total. The van der Waals surface area contributed by atoms with E-state index in [1.54, 1.807) is 56.7 Å². The van der Waals surface area contributed by atoms with Gasteiger partial charge in [-0.2, -0.15) is 54.6 Å². The molecule has 0 spiro atoms. The molecule has 3 aliphatic rings. The summed E-state index contributed by atoms with van der Waals surface area (Å²) in [6.45, 7) is 3.32. The first kappa shape index (κ1) is 67.9. The molecule has 5 aromatic heterocycles.